The van der Waals surface area contributed by atoms with Crippen LogP contribution in [0.3, 0.4) is 0 Å². The van der Waals surface area contributed by atoms with E-state index in [1.807, 2.05) is 64.6 Å². The number of aryl methyl sites for hydroxylation is 1. The van der Waals surface area contributed by atoms with Crippen molar-refractivity contribution < 1.29 is 47.0 Å². The summed E-state index contributed by atoms with van der Waals surface area (Å²) in [6, 6.07) is 39.0. The van der Waals surface area contributed by atoms with Crippen LogP contribution in [0.15, 0.2) is 138 Å². The minimum atomic E-state index is -0.515. The van der Waals surface area contributed by atoms with E-state index in [1.165, 1.54) is 110 Å². The number of nitrogens with zero attached hydrogens (tertiary/aromatic N) is 4. The Labute approximate surface area is 718 Å². The highest BCUT2D eigenvalue weighted by molar-refractivity contribution is 5.87. The van der Waals surface area contributed by atoms with E-state index in [0.717, 1.165) is 166 Å². The summed E-state index contributed by atoms with van der Waals surface area (Å²) in [6.07, 6.45) is 24.3. The minimum absolute atomic E-state index is 0.0470. The summed E-state index contributed by atoms with van der Waals surface area (Å²) in [5.41, 5.74) is 21.8. The molecule has 14 nitrogen and oxygen atoms in total. The second-order valence-electron chi connectivity index (χ2n) is 39.1. The van der Waals surface area contributed by atoms with Crippen molar-refractivity contribution in [3.63, 3.8) is 0 Å². The minimum Gasteiger partial charge on any atom is -0.444 e. The maximum absolute atomic E-state index is 13.9. The first kappa shape index (κ1) is 92.1. The molecule has 6 amide bonds. The van der Waals surface area contributed by atoms with E-state index >= 15 is 0 Å². The van der Waals surface area contributed by atoms with Crippen LogP contribution in [0.5, 0.6) is 0 Å². The topological polar surface area (TPSA) is 158 Å². The maximum atomic E-state index is 13.9. The van der Waals surface area contributed by atoms with E-state index in [2.05, 4.69) is 160 Å². The number of halogens is 2. The number of fused-ring (bicyclic) bond motifs is 8. The van der Waals surface area contributed by atoms with Crippen LogP contribution < -0.4 is 10.6 Å². The fraction of sp³-hybridized carbons (Fsp3) is 0.577. The Bertz CT molecular complexity index is 4510. The van der Waals surface area contributed by atoms with Crippen molar-refractivity contribution in [2.45, 2.75) is 313 Å². The molecular weight excluding hydrogens is 1500 g/mol. The van der Waals surface area contributed by atoms with Crippen LogP contribution in [0.2, 0.25) is 0 Å². The number of amides is 6. The van der Waals surface area contributed by atoms with Gasteiger partial charge in [0, 0.05) is 64.4 Å². The summed E-state index contributed by atoms with van der Waals surface area (Å²) in [7, 11) is 0. The summed E-state index contributed by atoms with van der Waals surface area (Å²) < 4.78 is 38.3. The molecule has 4 atom stereocenters. The molecule has 0 aromatic heterocycles. The van der Waals surface area contributed by atoms with Gasteiger partial charge in [-0.1, -0.05) is 179 Å². The van der Waals surface area contributed by atoms with E-state index in [0.29, 0.717) is 79.9 Å². The average Bonchev–Trinajstić information content (AvgIpc) is 1.61. The number of ether oxygens (including phenoxy) is 2. The standard InChI is InChI=1S/C29H41FN2O3.C26H37FN2O3.C25H29NO.C24H35NO/c1-18(2)14-26-25-16-21-15-22(30)10-11-23(21)24(25)12-13-32(26)27(33)20-8-6-19(7-9-20)17-31-28(34)35-29(3,4)5;1-17(2)14-23-22-15-18-9-10-19(27)16-21(18)20(22)11-13-29(23)24(30)8-6-7-12-28-25(31)32-26(3,4)5;1-18(2)16-24-23-17-20-10-6-7-11-21(20)22(23)14-15-26(24)25(27)13-12-19-8-4-3-5-9-19;1-4-5-6-7-8-13-24(26)25-15-14-21-20-12-10-9-11-19(20)17-22(21)23(25)16-18(2)3/h10-11,15,18-20,26H,6-9,12-14,16-17H2,1-5H3,(H,31,34);9-10,16-17,23H,6-8,11-15H2,1-5H3,(H,28,31);3-11,18,24H,12-17H2,1-2H3;9-12,18,23H,4-8,13-17H2,1-3H3. The average molecular weight is 1640 g/mol. The highest BCUT2D eigenvalue weighted by atomic mass is 19.1. The Morgan fingerprint density at radius 2 is 0.808 bits per heavy atom. The zero-order valence-electron chi connectivity index (χ0n) is 75.4. The molecule has 14 rings (SSSR count). The van der Waals surface area contributed by atoms with Gasteiger partial charge in [-0.25, -0.2) is 18.4 Å². The van der Waals surface area contributed by atoms with Crippen LogP contribution >= 0.6 is 0 Å². The molecule has 1 saturated carbocycles. The Hall–Kier alpha value is -8.66. The second kappa shape index (κ2) is 42.4. The molecule has 4 heterocycles. The highest BCUT2D eigenvalue weighted by Gasteiger charge is 2.43. The van der Waals surface area contributed by atoms with Gasteiger partial charge in [-0.2, -0.15) is 0 Å². The van der Waals surface area contributed by atoms with Gasteiger partial charge in [-0.3, -0.25) is 19.2 Å². The third kappa shape index (κ3) is 24.6. The fourth-order valence-corrected chi connectivity index (χ4v) is 20.2. The van der Waals surface area contributed by atoms with Gasteiger partial charge in [0.1, 0.15) is 22.8 Å². The molecular formula is C104H142F2N6O8. The Kier molecular flexibility index (Phi) is 32.5. The van der Waals surface area contributed by atoms with Crippen LogP contribution in [0.25, 0.3) is 22.3 Å². The number of hydrogen-bond acceptors (Lipinski definition) is 8. The van der Waals surface area contributed by atoms with Crippen molar-refractivity contribution >= 4 is 58.1 Å². The van der Waals surface area contributed by atoms with Gasteiger partial charge in [0.15, 0.2) is 0 Å². The molecule has 2 N–H and O–H groups in total. The molecule has 120 heavy (non-hydrogen) atoms. The van der Waals surface area contributed by atoms with Gasteiger partial charge < -0.3 is 39.7 Å². The first-order valence-corrected chi connectivity index (χ1v) is 46.1. The molecule has 1 fully saturated rings. The SMILES string of the molecule is CC(C)CC1C2=C(CCN1C(=O)C1CCC(CNC(=O)OC(C)(C)C)CC1)c1ccc(F)cc1C2.CC(C)CC1C2=C(CCN1C(=O)CCCCNC(=O)OC(C)(C)C)c1cc(F)ccc1C2.CC(C)CC1C2=C(CCN1C(=O)CCc1ccccc1)c1ccccc1C2.CCCCCCCC(=O)N1CCC2=C(Cc3ccccc32)C1CC(C)C. The normalized spacial score (nSPS) is 20.2. The molecule has 4 aliphatic heterocycles. The van der Waals surface area contributed by atoms with Crippen molar-refractivity contribution in [1.29, 1.82) is 0 Å². The predicted molar refractivity (Wildman–Crippen MR) is 482 cm³/mol. The molecule has 5 aromatic carbocycles. The van der Waals surface area contributed by atoms with Crippen LogP contribution in [0, 0.1) is 47.1 Å². The van der Waals surface area contributed by atoms with Gasteiger partial charge in [0.05, 0.1) is 24.2 Å². The first-order valence-electron chi connectivity index (χ1n) is 46.1. The van der Waals surface area contributed by atoms with Crippen LogP contribution in [-0.4, -0.2) is 130 Å². The number of alkyl carbamates (subject to hydrolysis) is 2. The van der Waals surface area contributed by atoms with Gasteiger partial charge in [-0.15, -0.1) is 0 Å². The zero-order valence-corrected chi connectivity index (χ0v) is 75.4. The molecule has 5 aliphatic carbocycles. The number of benzene rings is 5. The zero-order chi connectivity index (χ0) is 86.1. The van der Waals surface area contributed by atoms with Gasteiger partial charge in [-0.05, 0) is 318 Å². The molecule has 0 saturated heterocycles. The van der Waals surface area contributed by atoms with Crippen molar-refractivity contribution in [3.8, 4) is 0 Å². The lowest BCUT2D eigenvalue weighted by atomic mass is 9.80. The molecule has 16 heteroatoms. The number of rotatable bonds is 25. The number of carbonyl (C=O) groups is 6. The largest absolute Gasteiger partial charge is 0.444 e. The third-order valence-electron chi connectivity index (χ3n) is 25.7. The Morgan fingerprint density at radius 1 is 0.417 bits per heavy atom. The monoisotopic (exact) mass is 1640 g/mol. The van der Waals surface area contributed by atoms with Crippen molar-refractivity contribution in [2.75, 3.05) is 39.3 Å². The lowest BCUT2D eigenvalue weighted by molar-refractivity contribution is -0.139. The Morgan fingerprint density at radius 3 is 1.29 bits per heavy atom. The van der Waals surface area contributed by atoms with Crippen molar-refractivity contribution in [3.05, 3.63) is 199 Å². The molecule has 0 radical (unpaired) electrons. The fourth-order valence-electron chi connectivity index (χ4n) is 20.2. The smallest absolute Gasteiger partial charge is 0.407 e. The first-order chi connectivity index (χ1) is 57.3. The summed E-state index contributed by atoms with van der Waals surface area (Å²) in [5, 5.41) is 5.64. The number of nitrogens with one attached hydrogen (secondary N) is 2. The van der Waals surface area contributed by atoms with Crippen molar-refractivity contribution in [1.82, 2.24) is 30.2 Å². The Balaban J connectivity index is 0.000000158. The highest BCUT2D eigenvalue weighted by Crippen LogP contribution is 2.48. The molecule has 0 spiro atoms. The van der Waals surface area contributed by atoms with Crippen LogP contribution in [0.1, 0.15) is 295 Å². The van der Waals surface area contributed by atoms with E-state index in [1.54, 1.807) is 23.8 Å². The van der Waals surface area contributed by atoms with E-state index in [9.17, 15) is 37.5 Å². The van der Waals surface area contributed by atoms with Gasteiger partial charge >= 0.3 is 12.2 Å². The van der Waals surface area contributed by atoms with Gasteiger partial charge in [0.2, 0.25) is 23.6 Å². The van der Waals surface area contributed by atoms with E-state index < -0.39 is 17.3 Å². The number of hydrogen-bond donors (Lipinski definition) is 2. The second-order valence-corrected chi connectivity index (χ2v) is 39.1. The predicted octanol–water partition coefficient (Wildman–Crippen LogP) is 22.9. The number of unbranched alkanes of at least 4 members (excludes halogenated alkanes) is 5. The molecule has 9 aliphatic rings. The van der Waals surface area contributed by atoms with E-state index in [-0.39, 0.29) is 53.6 Å². The summed E-state index contributed by atoms with van der Waals surface area (Å²) in [5.74, 6) is 3.31. The lowest BCUT2D eigenvalue weighted by Crippen LogP contribution is -2.48. The van der Waals surface area contributed by atoms with Crippen LogP contribution in [-0.2, 0) is 60.8 Å². The molecule has 0 bridgehead atoms. The molecule has 650 valence electrons. The molecule has 4 unspecified atom stereocenters. The summed E-state index contributed by atoms with van der Waals surface area (Å²) in [4.78, 5) is 85.3. The summed E-state index contributed by atoms with van der Waals surface area (Å²) >= 11 is 0. The van der Waals surface area contributed by atoms with Crippen molar-refractivity contribution in [2.24, 2.45) is 35.5 Å². The lowest BCUT2D eigenvalue weighted by Gasteiger charge is -2.41. The maximum Gasteiger partial charge on any atom is 0.407 e. The van der Waals surface area contributed by atoms with Gasteiger partial charge in [0.25, 0.3) is 0 Å². The van der Waals surface area contributed by atoms with E-state index in [4.69, 9.17) is 9.47 Å². The van der Waals surface area contributed by atoms with Crippen LogP contribution in [0.4, 0.5) is 18.4 Å². The summed E-state index contributed by atoms with van der Waals surface area (Å²) in [6.45, 7) is 35.5. The number of carbonyl (C=O) groups excluding carboxylic acids is 6. The third-order valence-corrected chi connectivity index (χ3v) is 25.7. The molecule has 5 aromatic rings. The quantitative estimate of drug-likeness (QED) is 0.0547.